The van der Waals surface area contributed by atoms with Gasteiger partial charge in [-0.05, 0) is 5.41 Å². The first-order valence-electron chi connectivity index (χ1n) is 4.75. The van der Waals surface area contributed by atoms with E-state index < -0.39 is 17.5 Å². The van der Waals surface area contributed by atoms with Crippen molar-refractivity contribution in [3.8, 4) is 0 Å². The number of hydrogen-bond acceptors (Lipinski definition) is 1. The fourth-order valence-corrected chi connectivity index (χ4v) is 2.08. The highest BCUT2D eigenvalue weighted by atomic mass is 19.1. The molecule has 1 aromatic rings. The van der Waals surface area contributed by atoms with Gasteiger partial charge in [0.15, 0.2) is 0 Å². The van der Waals surface area contributed by atoms with Crippen LogP contribution in [0.2, 0.25) is 0 Å². The monoisotopic (exact) mass is 215 g/mol. The molecule has 2 N–H and O–H groups in total. The second-order valence-corrected chi connectivity index (χ2v) is 4.61. The lowest BCUT2D eigenvalue weighted by atomic mass is 10.0. The first-order chi connectivity index (χ1) is 6.85. The van der Waals surface area contributed by atoms with Crippen molar-refractivity contribution in [1.82, 2.24) is 0 Å². The maximum Gasteiger partial charge on any atom is 0.132 e. The molecule has 1 aliphatic carbocycles. The van der Waals surface area contributed by atoms with Gasteiger partial charge in [0.2, 0.25) is 0 Å². The fourth-order valence-electron chi connectivity index (χ4n) is 2.08. The average Bonchev–Trinajstić information content (AvgIpc) is 2.53. The predicted octanol–water partition coefficient (Wildman–Crippen LogP) is 2.55. The van der Waals surface area contributed by atoms with Gasteiger partial charge in [0.25, 0.3) is 0 Å². The van der Waals surface area contributed by atoms with Gasteiger partial charge in [-0.25, -0.2) is 13.2 Å². The maximum absolute atomic E-state index is 13.4. The third kappa shape index (κ3) is 1.44. The Bertz CT molecular complexity index is 391. The van der Waals surface area contributed by atoms with Gasteiger partial charge in [0.05, 0.1) is 0 Å². The molecule has 0 heterocycles. The summed E-state index contributed by atoms with van der Waals surface area (Å²) in [5.41, 5.74) is 5.32. The maximum atomic E-state index is 13.4. The molecule has 0 radical (unpaired) electrons. The lowest BCUT2D eigenvalue weighted by Crippen LogP contribution is -2.07. The normalized spacial score (nSPS) is 27.9. The van der Waals surface area contributed by atoms with Crippen LogP contribution in [0.3, 0.4) is 0 Å². The van der Waals surface area contributed by atoms with Crippen LogP contribution in [0, 0.1) is 22.9 Å². The molecule has 0 bridgehead atoms. The molecule has 0 aromatic heterocycles. The van der Waals surface area contributed by atoms with E-state index in [9.17, 15) is 13.2 Å². The molecule has 0 spiro atoms. The summed E-state index contributed by atoms with van der Waals surface area (Å²) in [5, 5.41) is 0. The Labute approximate surface area is 86.1 Å². The molecule has 1 aromatic carbocycles. The zero-order valence-electron chi connectivity index (χ0n) is 8.52. The van der Waals surface area contributed by atoms with Crippen LogP contribution in [0.5, 0.6) is 0 Å². The molecule has 15 heavy (non-hydrogen) atoms. The van der Waals surface area contributed by atoms with Gasteiger partial charge in [0.1, 0.15) is 17.5 Å². The lowest BCUT2D eigenvalue weighted by Gasteiger charge is -2.06. The summed E-state index contributed by atoms with van der Waals surface area (Å²) in [7, 11) is 0. The van der Waals surface area contributed by atoms with Gasteiger partial charge in [-0.2, -0.15) is 0 Å². The van der Waals surface area contributed by atoms with Crippen molar-refractivity contribution >= 4 is 0 Å². The Morgan fingerprint density at radius 3 is 1.87 bits per heavy atom. The van der Waals surface area contributed by atoms with Crippen LogP contribution in [0.1, 0.15) is 25.3 Å². The van der Waals surface area contributed by atoms with Crippen LogP contribution in [-0.2, 0) is 0 Å². The van der Waals surface area contributed by atoms with Crippen molar-refractivity contribution in [2.24, 2.45) is 11.1 Å². The molecule has 0 amide bonds. The highest BCUT2D eigenvalue weighted by Gasteiger charge is 2.58. The largest absolute Gasteiger partial charge is 0.327 e. The summed E-state index contributed by atoms with van der Waals surface area (Å²) in [4.78, 5) is 0. The highest BCUT2D eigenvalue weighted by molar-refractivity contribution is 5.36. The molecule has 2 rings (SSSR count). The predicted molar refractivity (Wildman–Crippen MR) is 50.8 cm³/mol. The summed E-state index contributed by atoms with van der Waals surface area (Å²) in [6.07, 6.45) is 0. The van der Waals surface area contributed by atoms with Crippen molar-refractivity contribution in [3.63, 3.8) is 0 Å². The van der Waals surface area contributed by atoms with E-state index in [0.717, 1.165) is 0 Å². The van der Waals surface area contributed by atoms with Gasteiger partial charge in [-0.15, -0.1) is 0 Å². The van der Waals surface area contributed by atoms with E-state index >= 15 is 0 Å². The Kier molecular flexibility index (Phi) is 2.08. The molecule has 82 valence electrons. The smallest absolute Gasteiger partial charge is 0.132 e. The van der Waals surface area contributed by atoms with E-state index in [0.29, 0.717) is 12.1 Å². The Hall–Kier alpha value is -1.03. The molecule has 0 aliphatic heterocycles. The van der Waals surface area contributed by atoms with Crippen LogP contribution < -0.4 is 5.73 Å². The van der Waals surface area contributed by atoms with E-state index in [1.165, 1.54) is 0 Å². The van der Waals surface area contributed by atoms with Crippen molar-refractivity contribution in [1.29, 1.82) is 0 Å². The van der Waals surface area contributed by atoms with Gasteiger partial charge in [-0.3, -0.25) is 0 Å². The third-order valence-corrected chi connectivity index (χ3v) is 3.27. The van der Waals surface area contributed by atoms with Crippen LogP contribution in [0.4, 0.5) is 13.2 Å². The quantitative estimate of drug-likeness (QED) is 0.765. The minimum Gasteiger partial charge on any atom is -0.327 e. The molecule has 1 aliphatic rings. The number of hydrogen-bond donors (Lipinski definition) is 1. The third-order valence-electron chi connectivity index (χ3n) is 3.27. The molecule has 1 nitrogen and oxygen atoms in total. The molecule has 0 saturated heterocycles. The Morgan fingerprint density at radius 2 is 1.53 bits per heavy atom. The van der Waals surface area contributed by atoms with Gasteiger partial charge < -0.3 is 5.73 Å². The molecule has 1 saturated carbocycles. The average molecular weight is 215 g/mol. The zero-order chi connectivity index (χ0) is 11.4. The van der Waals surface area contributed by atoms with Crippen LogP contribution in [-0.4, -0.2) is 6.04 Å². The topological polar surface area (TPSA) is 26.0 Å². The zero-order valence-corrected chi connectivity index (χ0v) is 8.52. The van der Waals surface area contributed by atoms with E-state index in [-0.39, 0.29) is 22.9 Å². The summed E-state index contributed by atoms with van der Waals surface area (Å²) >= 11 is 0. The van der Waals surface area contributed by atoms with E-state index in [1.54, 1.807) is 0 Å². The highest BCUT2D eigenvalue weighted by Crippen LogP contribution is 2.58. The van der Waals surface area contributed by atoms with Crippen molar-refractivity contribution in [3.05, 3.63) is 35.1 Å². The van der Waals surface area contributed by atoms with E-state index in [2.05, 4.69) is 0 Å². The van der Waals surface area contributed by atoms with E-state index in [4.69, 9.17) is 5.73 Å². The standard InChI is InChI=1S/C11H12F3N/c1-11(2)9(10(11)15)8-6(13)3-5(12)4-7(8)14/h3-4,9-10H,15H2,1-2H3/t9-,10-/m0/s1. The fraction of sp³-hybridized carbons (Fsp3) is 0.455. The molecular formula is C11H12F3N. The summed E-state index contributed by atoms with van der Waals surface area (Å²) in [6, 6.07) is 1.12. The van der Waals surface area contributed by atoms with E-state index in [1.807, 2.05) is 13.8 Å². The second kappa shape index (κ2) is 2.98. The number of rotatable bonds is 1. The number of nitrogens with two attached hydrogens (primary N) is 1. The molecule has 1 fully saturated rings. The Balaban J connectivity index is 2.47. The molecule has 2 atom stereocenters. The SMILES string of the molecule is CC1(C)[C@@H](N)[C@@H]1c1c(F)cc(F)cc1F. The van der Waals surface area contributed by atoms with Gasteiger partial charge in [0, 0.05) is 29.7 Å². The lowest BCUT2D eigenvalue weighted by molar-refractivity contribution is 0.508. The van der Waals surface area contributed by atoms with Gasteiger partial charge in [-0.1, -0.05) is 13.8 Å². The second-order valence-electron chi connectivity index (χ2n) is 4.61. The summed E-state index contributed by atoms with van der Waals surface area (Å²) in [5.74, 6) is -2.96. The Morgan fingerprint density at radius 1 is 1.13 bits per heavy atom. The summed E-state index contributed by atoms with van der Waals surface area (Å²) in [6.45, 7) is 3.68. The van der Waals surface area contributed by atoms with Crippen LogP contribution >= 0.6 is 0 Å². The number of halogens is 3. The van der Waals surface area contributed by atoms with Crippen molar-refractivity contribution in [2.45, 2.75) is 25.8 Å². The summed E-state index contributed by atoms with van der Waals surface area (Å²) < 4.78 is 39.4. The first-order valence-corrected chi connectivity index (χ1v) is 4.75. The van der Waals surface area contributed by atoms with Crippen LogP contribution in [0.25, 0.3) is 0 Å². The molecular weight excluding hydrogens is 203 g/mol. The first kappa shape index (κ1) is 10.5. The minimum absolute atomic E-state index is 0.0890. The molecule has 0 unspecified atom stereocenters. The molecule has 4 heteroatoms. The minimum atomic E-state index is -0.902. The van der Waals surface area contributed by atoms with Crippen LogP contribution in [0.15, 0.2) is 12.1 Å². The number of benzene rings is 1. The van der Waals surface area contributed by atoms with Crippen molar-refractivity contribution in [2.75, 3.05) is 0 Å². The van der Waals surface area contributed by atoms with Gasteiger partial charge >= 0.3 is 0 Å². The van der Waals surface area contributed by atoms with Crippen molar-refractivity contribution < 1.29 is 13.2 Å².